The van der Waals surface area contributed by atoms with E-state index in [9.17, 15) is 4.79 Å². The van der Waals surface area contributed by atoms with Crippen LogP contribution >= 0.6 is 11.6 Å². The molecule has 0 bridgehead atoms. The zero-order valence-electron chi connectivity index (χ0n) is 11.6. The van der Waals surface area contributed by atoms with Crippen LogP contribution in [0.1, 0.15) is 24.3 Å². The molecule has 106 valence electrons. The normalized spacial score (nSPS) is 12.2. The highest BCUT2D eigenvalue weighted by Gasteiger charge is 2.22. The number of amides is 1. The van der Waals surface area contributed by atoms with Gasteiger partial charge in [0, 0.05) is 12.6 Å². The van der Waals surface area contributed by atoms with Gasteiger partial charge in [0.15, 0.2) is 0 Å². The van der Waals surface area contributed by atoms with Crippen molar-refractivity contribution in [1.29, 1.82) is 0 Å². The Labute approximate surface area is 122 Å². The number of anilines is 1. The van der Waals surface area contributed by atoms with Gasteiger partial charge in [-0.1, -0.05) is 12.1 Å². The fourth-order valence-electron chi connectivity index (χ4n) is 1.84. The minimum Gasteiger partial charge on any atom is -0.424 e. The smallest absolute Gasteiger partial charge is 0.245 e. The maximum Gasteiger partial charge on any atom is 0.245 e. The number of alkyl halides is 1. The number of hydrogen-bond acceptors (Lipinski definition) is 4. The highest BCUT2D eigenvalue weighted by atomic mass is 35.5. The summed E-state index contributed by atoms with van der Waals surface area (Å²) in [4.78, 5) is 13.8. The highest BCUT2D eigenvalue weighted by molar-refractivity contribution is 6.32. The zero-order chi connectivity index (χ0) is 14.7. The summed E-state index contributed by atoms with van der Waals surface area (Å²) in [5, 5.41) is 7.06. The van der Waals surface area contributed by atoms with Crippen molar-refractivity contribution in [2.75, 3.05) is 4.90 Å². The molecule has 0 saturated carbocycles. The molecule has 1 heterocycles. The molecule has 0 radical (unpaired) electrons. The number of aryl methyl sites for hydroxylation is 2. The number of benzene rings is 1. The molecule has 0 aliphatic heterocycles. The molecule has 0 aliphatic rings. The van der Waals surface area contributed by atoms with Crippen LogP contribution in [-0.4, -0.2) is 21.5 Å². The Morgan fingerprint density at radius 1 is 1.40 bits per heavy atom. The maximum atomic E-state index is 12.3. The number of aromatic nitrogens is 2. The minimum absolute atomic E-state index is 0.201. The fraction of sp³-hybridized carbons (Fsp3) is 0.357. The summed E-state index contributed by atoms with van der Waals surface area (Å²) in [6.45, 7) is 5.53. The number of rotatable bonds is 4. The summed E-state index contributed by atoms with van der Waals surface area (Å²) in [6.07, 6.45) is 0. The molecule has 1 aromatic heterocycles. The van der Waals surface area contributed by atoms with E-state index in [1.54, 1.807) is 18.7 Å². The minimum atomic E-state index is -0.625. The molecule has 6 heteroatoms. The summed E-state index contributed by atoms with van der Waals surface area (Å²) in [6, 6.07) is 7.63. The molecule has 1 unspecified atom stereocenters. The van der Waals surface area contributed by atoms with Crippen LogP contribution < -0.4 is 4.90 Å². The van der Waals surface area contributed by atoms with E-state index in [0.29, 0.717) is 11.8 Å². The van der Waals surface area contributed by atoms with E-state index >= 15 is 0 Å². The van der Waals surface area contributed by atoms with Crippen LogP contribution in [0.25, 0.3) is 0 Å². The quantitative estimate of drug-likeness (QED) is 0.813. The van der Waals surface area contributed by atoms with Crippen LogP contribution in [0.4, 0.5) is 5.69 Å². The predicted molar refractivity (Wildman–Crippen MR) is 76.7 cm³/mol. The maximum absolute atomic E-state index is 12.3. The molecule has 0 spiro atoms. The third-order valence-electron chi connectivity index (χ3n) is 2.78. The molecule has 0 aliphatic carbocycles. The lowest BCUT2D eigenvalue weighted by molar-refractivity contribution is -0.118. The van der Waals surface area contributed by atoms with Crippen molar-refractivity contribution < 1.29 is 9.21 Å². The van der Waals surface area contributed by atoms with Crippen molar-refractivity contribution in [2.24, 2.45) is 0 Å². The SMILES string of the molecule is Cc1cccc(N(Cc2nnc(C)o2)C(=O)C(C)Cl)c1. The van der Waals surface area contributed by atoms with E-state index in [4.69, 9.17) is 16.0 Å². The lowest BCUT2D eigenvalue weighted by atomic mass is 10.2. The average Bonchev–Trinajstić information content (AvgIpc) is 2.80. The molecule has 2 rings (SSSR count). The molecular formula is C14H16ClN3O2. The number of hydrogen-bond donors (Lipinski definition) is 0. The average molecular weight is 294 g/mol. The van der Waals surface area contributed by atoms with E-state index < -0.39 is 5.38 Å². The van der Waals surface area contributed by atoms with Crippen molar-refractivity contribution in [3.8, 4) is 0 Å². The van der Waals surface area contributed by atoms with Gasteiger partial charge in [-0.15, -0.1) is 21.8 Å². The second-order valence-electron chi connectivity index (χ2n) is 4.59. The van der Waals surface area contributed by atoms with Crippen LogP contribution in [-0.2, 0) is 11.3 Å². The van der Waals surface area contributed by atoms with Crippen molar-refractivity contribution in [3.05, 3.63) is 41.6 Å². The number of nitrogens with zero attached hydrogens (tertiary/aromatic N) is 3. The van der Waals surface area contributed by atoms with Crippen LogP contribution in [0.2, 0.25) is 0 Å². The third kappa shape index (κ3) is 3.36. The Morgan fingerprint density at radius 2 is 2.15 bits per heavy atom. The van der Waals surface area contributed by atoms with Gasteiger partial charge >= 0.3 is 0 Å². The first-order valence-electron chi connectivity index (χ1n) is 6.28. The van der Waals surface area contributed by atoms with E-state index in [2.05, 4.69) is 10.2 Å². The van der Waals surface area contributed by atoms with E-state index in [0.717, 1.165) is 11.3 Å². The number of halogens is 1. The first-order chi connectivity index (χ1) is 9.47. The first kappa shape index (κ1) is 14.5. The summed E-state index contributed by atoms with van der Waals surface area (Å²) in [5.74, 6) is 0.651. The largest absolute Gasteiger partial charge is 0.424 e. The third-order valence-corrected chi connectivity index (χ3v) is 2.97. The van der Waals surface area contributed by atoms with Crippen molar-refractivity contribution >= 4 is 23.2 Å². The first-order valence-corrected chi connectivity index (χ1v) is 6.72. The molecule has 2 aromatic rings. The standard InChI is InChI=1S/C14H16ClN3O2/c1-9-5-4-6-12(7-9)18(14(19)10(2)15)8-13-17-16-11(3)20-13/h4-7,10H,8H2,1-3H3. The van der Waals surface area contributed by atoms with Gasteiger partial charge in [-0.2, -0.15) is 0 Å². The van der Waals surface area contributed by atoms with Gasteiger partial charge in [-0.3, -0.25) is 4.79 Å². The molecule has 1 aromatic carbocycles. The molecule has 1 amide bonds. The Kier molecular flexibility index (Phi) is 4.39. The highest BCUT2D eigenvalue weighted by Crippen LogP contribution is 2.20. The summed E-state index contributed by atoms with van der Waals surface area (Å²) in [7, 11) is 0. The predicted octanol–water partition coefficient (Wildman–Crippen LogP) is 2.85. The van der Waals surface area contributed by atoms with Gasteiger partial charge in [-0.05, 0) is 31.5 Å². The topological polar surface area (TPSA) is 59.2 Å². The van der Waals surface area contributed by atoms with Gasteiger partial charge in [0.05, 0.1) is 0 Å². The van der Waals surface area contributed by atoms with Crippen LogP contribution in [0.5, 0.6) is 0 Å². The lowest BCUT2D eigenvalue weighted by Gasteiger charge is -2.22. The van der Waals surface area contributed by atoms with E-state index in [1.807, 2.05) is 31.2 Å². The zero-order valence-corrected chi connectivity index (χ0v) is 12.4. The molecular weight excluding hydrogens is 278 g/mol. The van der Waals surface area contributed by atoms with Crippen LogP contribution in [0, 0.1) is 13.8 Å². The van der Waals surface area contributed by atoms with Crippen LogP contribution in [0.3, 0.4) is 0 Å². The van der Waals surface area contributed by atoms with E-state index in [1.165, 1.54) is 0 Å². The Bertz CT molecular complexity index is 610. The van der Waals surface area contributed by atoms with Gasteiger partial charge in [-0.25, -0.2) is 0 Å². The molecule has 0 fully saturated rings. The van der Waals surface area contributed by atoms with Gasteiger partial charge < -0.3 is 9.32 Å². The van der Waals surface area contributed by atoms with Crippen molar-refractivity contribution in [3.63, 3.8) is 0 Å². The Balaban J connectivity index is 2.32. The monoisotopic (exact) mass is 293 g/mol. The number of carbonyl (C=O) groups is 1. The second kappa shape index (κ2) is 6.05. The molecule has 20 heavy (non-hydrogen) atoms. The van der Waals surface area contributed by atoms with Crippen LogP contribution in [0.15, 0.2) is 28.7 Å². The lowest BCUT2D eigenvalue weighted by Crippen LogP contribution is -2.35. The van der Waals surface area contributed by atoms with E-state index in [-0.39, 0.29) is 12.5 Å². The Morgan fingerprint density at radius 3 is 2.70 bits per heavy atom. The number of carbonyl (C=O) groups excluding carboxylic acids is 1. The summed E-state index contributed by atoms with van der Waals surface area (Å²) < 4.78 is 5.34. The molecule has 0 saturated heterocycles. The van der Waals surface area contributed by atoms with Gasteiger partial charge in [0.1, 0.15) is 11.9 Å². The second-order valence-corrected chi connectivity index (χ2v) is 5.25. The Hall–Kier alpha value is -1.88. The van der Waals surface area contributed by atoms with Gasteiger partial charge in [0.2, 0.25) is 17.7 Å². The molecule has 0 N–H and O–H groups in total. The van der Waals surface area contributed by atoms with Crippen molar-refractivity contribution in [2.45, 2.75) is 32.7 Å². The fourth-order valence-corrected chi connectivity index (χ4v) is 1.96. The molecule has 1 atom stereocenters. The summed E-state index contributed by atoms with van der Waals surface area (Å²) in [5.41, 5.74) is 1.82. The van der Waals surface area contributed by atoms with Gasteiger partial charge in [0.25, 0.3) is 0 Å². The molecule has 5 nitrogen and oxygen atoms in total. The van der Waals surface area contributed by atoms with Crippen molar-refractivity contribution in [1.82, 2.24) is 10.2 Å². The summed E-state index contributed by atoms with van der Waals surface area (Å²) >= 11 is 5.93.